The molecule has 25 heavy (non-hydrogen) atoms. The minimum Gasteiger partial charge on any atom is -0.464 e. The van der Waals surface area contributed by atoms with Gasteiger partial charge in [-0.2, -0.15) is 0 Å². The molecule has 0 aliphatic heterocycles. The van der Waals surface area contributed by atoms with Gasteiger partial charge in [0.15, 0.2) is 5.69 Å². The van der Waals surface area contributed by atoms with Crippen molar-refractivity contribution in [2.75, 3.05) is 12.4 Å². The van der Waals surface area contributed by atoms with Gasteiger partial charge in [-0.15, -0.1) is 0 Å². The maximum atomic E-state index is 12.8. The van der Waals surface area contributed by atoms with Crippen LogP contribution in [0.1, 0.15) is 40.3 Å². The predicted molar refractivity (Wildman–Crippen MR) is 91.3 cm³/mol. The van der Waals surface area contributed by atoms with E-state index in [-0.39, 0.29) is 24.3 Å². The second kappa shape index (κ2) is 6.96. The third-order valence-electron chi connectivity index (χ3n) is 4.21. The van der Waals surface area contributed by atoms with E-state index in [0.717, 1.165) is 29.7 Å². The van der Waals surface area contributed by atoms with Crippen LogP contribution in [0.3, 0.4) is 0 Å². The molecule has 1 heterocycles. The summed E-state index contributed by atoms with van der Waals surface area (Å²) in [5, 5.41) is 2.99. The number of nitrogens with zero attached hydrogens (tertiary/aromatic N) is 2. The number of carbonyl (C=O) groups is 2. The van der Waals surface area contributed by atoms with Crippen molar-refractivity contribution in [2.24, 2.45) is 0 Å². The zero-order valence-electron chi connectivity index (χ0n) is 14.5. The van der Waals surface area contributed by atoms with Gasteiger partial charge in [0.25, 0.3) is 0 Å². The summed E-state index contributed by atoms with van der Waals surface area (Å²) >= 11 is 0. The lowest BCUT2D eigenvalue weighted by Gasteiger charge is -2.22. The summed E-state index contributed by atoms with van der Waals surface area (Å²) in [5.41, 5.74) is 2.94. The number of esters is 1. The average Bonchev–Trinajstić information content (AvgIpc) is 3.33. The van der Waals surface area contributed by atoms with Gasteiger partial charge in [0, 0.05) is 11.7 Å². The Bertz CT molecular complexity index is 775. The minimum atomic E-state index is -0.562. The number of methoxy groups -OCH3 is 1. The maximum absolute atomic E-state index is 12.8. The number of ether oxygens (including phenoxy) is 1. The van der Waals surface area contributed by atoms with Crippen LogP contribution in [0.2, 0.25) is 0 Å². The number of aryl methyl sites for hydroxylation is 2. The second-order valence-corrected chi connectivity index (χ2v) is 6.17. The summed E-state index contributed by atoms with van der Waals surface area (Å²) < 4.78 is 9.92. The first-order valence-corrected chi connectivity index (χ1v) is 8.16. The van der Waals surface area contributed by atoms with Gasteiger partial charge in [-0.3, -0.25) is 0 Å². The number of para-hydroxylation sites is 1. The maximum Gasteiger partial charge on any atom is 0.360 e. The Kier molecular flexibility index (Phi) is 4.74. The van der Waals surface area contributed by atoms with E-state index in [0.29, 0.717) is 5.89 Å². The van der Waals surface area contributed by atoms with Crippen LogP contribution in [0.25, 0.3) is 0 Å². The normalized spacial score (nSPS) is 13.4. The molecule has 3 rings (SSSR count). The topological polar surface area (TPSA) is 84.7 Å². The highest BCUT2D eigenvalue weighted by Crippen LogP contribution is 2.30. The molecule has 0 bridgehead atoms. The van der Waals surface area contributed by atoms with Crippen molar-refractivity contribution in [3.8, 4) is 0 Å². The fourth-order valence-corrected chi connectivity index (χ4v) is 2.67. The van der Waals surface area contributed by atoms with Gasteiger partial charge >= 0.3 is 12.0 Å². The van der Waals surface area contributed by atoms with E-state index < -0.39 is 5.97 Å². The lowest BCUT2D eigenvalue weighted by atomic mass is 10.1. The van der Waals surface area contributed by atoms with Crippen LogP contribution in [0.4, 0.5) is 10.5 Å². The number of carbonyl (C=O) groups excluding carboxylic acids is 2. The van der Waals surface area contributed by atoms with Crippen LogP contribution in [-0.4, -0.2) is 35.0 Å². The Morgan fingerprint density at radius 2 is 2.00 bits per heavy atom. The summed E-state index contributed by atoms with van der Waals surface area (Å²) in [6.45, 7) is 4.13. The first kappa shape index (κ1) is 17.0. The zero-order chi connectivity index (χ0) is 18.0. The lowest BCUT2D eigenvalue weighted by molar-refractivity contribution is 0.0594. The molecule has 2 aromatic rings. The number of hydrogen-bond acceptors (Lipinski definition) is 5. The van der Waals surface area contributed by atoms with Gasteiger partial charge in [0.2, 0.25) is 5.89 Å². The molecule has 0 unspecified atom stereocenters. The minimum absolute atomic E-state index is 0.100. The number of hydrogen-bond donors (Lipinski definition) is 1. The number of benzene rings is 1. The largest absolute Gasteiger partial charge is 0.464 e. The van der Waals surface area contributed by atoms with Gasteiger partial charge in [0.05, 0.1) is 13.7 Å². The van der Waals surface area contributed by atoms with Crippen LogP contribution >= 0.6 is 0 Å². The Labute approximate surface area is 146 Å². The molecule has 0 atom stereocenters. The molecule has 1 fully saturated rings. The van der Waals surface area contributed by atoms with Crippen LogP contribution in [0.15, 0.2) is 28.9 Å². The average molecular weight is 343 g/mol. The second-order valence-electron chi connectivity index (χ2n) is 6.17. The van der Waals surface area contributed by atoms with Crippen molar-refractivity contribution in [3.05, 3.63) is 47.2 Å². The third-order valence-corrected chi connectivity index (χ3v) is 4.21. The van der Waals surface area contributed by atoms with E-state index in [1.807, 2.05) is 32.0 Å². The Morgan fingerprint density at radius 1 is 1.32 bits per heavy atom. The molecule has 1 saturated carbocycles. The van der Waals surface area contributed by atoms with E-state index in [2.05, 4.69) is 15.0 Å². The Morgan fingerprint density at radius 3 is 2.60 bits per heavy atom. The van der Waals surface area contributed by atoms with Gasteiger partial charge in [-0.1, -0.05) is 18.2 Å². The van der Waals surface area contributed by atoms with Gasteiger partial charge in [-0.05, 0) is 37.8 Å². The highest BCUT2D eigenvalue weighted by Gasteiger charge is 2.34. The van der Waals surface area contributed by atoms with E-state index in [1.165, 1.54) is 13.4 Å². The molecule has 1 aliphatic carbocycles. The first-order chi connectivity index (χ1) is 12.0. The van der Waals surface area contributed by atoms with Crippen molar-refractivity contribution in [3.63, 3.8) is 0 Å². The van der Waals surface area contributed by atoms with Crippen LogP contribution in [-0.2, 0) is 11.3 Å². The monoisotopic (exact) mass is 343 g/mol. The summed E-state index contributed by atoms with van der Waals surface area (Å²) in [6, 6.07) is 5.84. The number of amides is 2. The molecule has 1 aromatic carbocycles. The van der Waals surface area contributed by atoms with Crippen molar-refractivity contribution >= 4 is 17.7 Å². The Hall–Kier alpha value is -2.83. The highest BCUT2D eigenvalue weighted by molar-refractivity contribution is 5.91. The zero-order valence-corrected chi connectivity index (χ0v) is 14.5. The van der Waals surface area contributed by atoms with E-state index in [4.69, 9.17) is 4.42 Å². The number of nitrogens with one attached hydrogen (secondary N) is 1. The number of anilines is 1. The molecule has 1 aromatic heterocycles. The molecular weight excluding hydrogens is 322 g/mol. The van der Waals surface area contributed by atoms with Crippen LogP contribution in [0.5, 0.6) is 0 Å². The van der Waals surface area contributed by atoms with E-state index >= 15 is 0 Å². The molecule has 0 spiro atoms. The molecule has 1 aliphatic rings. The van der Waals surface area contributed by atoms with Gasteiger partial charge < -0.3 is 19.4 Å². The summed E-state index contributed by atoms with van der Waals surface area (Å²) in [6.07, 6.45) is 3.14. The predicted octanol–water partition coefficient (Wildman–Crippen LogP) is 3.27. The molecule has 0 saturated heterocycles. The molecule has 7 nitrogen and oxygen atoms in total. The smallest absolute Gasteiger partial charge is 0.360 e. The Balaban J connectivity index is 1.74. The third kappa shape index (κ3) is 3.81. The first-order valence-electron chi connectivity index (χ1n) is 8.16. The van der Waals surface area contributed by atoms with Crippen LogP contribution in [0, 0.1) is 13.8 Å². The number of urea groups is 1. The quantitative estimate of drug-likeness (QED) is 0.842. The summed E-state index contributed by atoms with van der Waals surface area (Å²) in [5.74, 6) is -0.253. The number of aromatic nitrogens is 1. The SMILES string of the molecule is COC(=O)c1coc(CN(C(=O)Nc2c(C)cccc2C)C2CC2)n1. The van der Waals surface area contributed by atoms with Crippen molar-refractivity contribution in [1.82, 2.24) is 9.88 Å². The highest BCUT2D eigenvalue weighted by atomic mass is 16.5. The molecular formula is C18H21N3O4. The van der Waals surface area contributed by atoms with Gasteiger partial charge in [0.1, 0.15) is 6.26 Å². The molecule has 1 N–H and O–H groups in total. The van der Waals surface area contributed by atoms with Crippen molar-refractivity contribution < 1.29 is 18.7 Å². The molecule has 0 radical (unpaired) electrons. The molecule has 132 valence electrons. The van der Waals surface area contributed by atoms with E-state index in [1.54, 1.807) is 4.90 Å². The van der Waals surface area contributed by atoms with Gasteiger partial charge in [-0.25, -0.2) is 14.6 Å². The number of rotatable bonds is 5. The van der Waals surface area contributed by atoms with Crippen molar-refractivity contribution in [2.45, 2.75) is 39.3 Å². The fourth-order valence-electron chi connectivity index (χ4n) is 2.67. The van der Waals surface area contributed by atoms with E-state index in [9.17, 15) is 9.59 Å². The van der Waals surface area contributed by atoms with Crippen LogP contribution < -0.4 is 5.32 Å². The summed E-state index contributed by atoms with van der Waals surface area (Å²) in [4.78, 5) is 30.0. The summed E-state index contributed by atoms with van der Waals surface area (Å²) in [7, 11) is 1.28. The lowest BCUT2D eigenvalue weighted by Crippen LogP contribution is -2.36. The fraction of sp³-hybridized carbons (Fsp3) is 0.389. The molecule has 7 heteroatoms. The standard InChI is InChI=1S/C18H21N3O4/c1-11-5-4-6-12(2)16(11)20-18(23)21(13-7-8-13)9-15-19-14(10-25-15)17(22)24-3/h4-6,10,13H,7-9H2,1-3H3,(H,20,23). The van der Waals surface area contributed by atoms with Crippen molar-refractivity contribution in [1.29, 1.82) is 0 Å². The molecule has 2 amide bonds. The number of oxazole rings is 1.